The summed E-state index contributed by atoms with van der Waals surface area (Å²) in [5.41, 5.74) is -3.71. The molecule has 0 aromatic rings. The molecule has 0 spiro atoms. The molecule has 0 aromatic heterocycles. The zero-order chi connectivity index (χ0) is 21.5. The van der Waals surface area contributed by atoms with Crippen LogP contribution in [0.4, 0.5) is 4.39 Å². The molecule has 0 saturated heterocycles. The van der Waals surface area contributed by atoms with Crippen LogP contribution in [0.1, 0.15) is 46.0 Å². The van der Waals surface area contributed by atoms with Crippen molar-refractivity contribution < 1.29 is 34.4 Å². The first-order chi connectivity index (χ1) is 13.4. The van der Waals surface area contributed by atoms with Gasteiger partial charge in [-0.05, 0) is 43.4 Å². The highest BCUT2D eigenvalue weighted by atomic mass is 79.9. The van der Waals surface area contributed by atoms with Crippen molar-refractivity contribution in [3.05, 3.63) is 0 Å². The molecule has 4 saturated carbocycles. The Balaban J connectivity index is 1.77. The molecule has 8 heteroatoms. The van der Waals surface area contributed by atoms with E-state index in [1.54, 1.807) is 13.8 Å². The van der Waals surface area contributed by atoms with Crippen molar-refractivity contribution in [1.29, 1.82) is 0 Å². The summed E-state index contributed by atoms with van der Waals surface area (Å²) in [7, 11) is 0. The van der Waals surface area contributed by atoms with Gasteiger partial charge in [0, 0.05) is 23.2 Å². The van der Waals surface area contributed by atoms with E-state index in [0.717, 1.165) is 0 Å². The molecule has 0 aromatic carbocycles. The molecule has 5 unspecified atom stereocenters. The molecule has 4 aliphatic rings. The number of fused-ring (bicyclic) bond motifs is 5. The second-order valence-corrected chi connectivity index (χ2v) is 11.2. The fourth-order valence-corrected chi connectivity index (χ4v) is 8.56. The monoisotopic (exact) mass is 476 g/mol. The summed E-state index contributed by atoms with van der Waals surface area (Å²) in [6, 6.07) is 0. The number of hydrogen-bond donors (Lipinski definition) is 4. The van der Waals surface area contributed by atoms with Crippen LogP contribution in [0.3, 0.4) is 0 Å². The van der Waals surface area contributed by atoms with Crippen LogP contribution < -0.4 is 0 Å². The van der Waals surface area contributed by atoms with Crippen molar-refractivity contribution in [2.75, 3.05) is 6.61 Å². The number of aliphatic hydroxyl groups excluding tert-OH is 3. The smallest absolute Gasteiger partial charge is 0.190 e. The van der Waals surface area contributed by atoms with Crippen LogP contribution in [0, 0.1) is 34.5 Å². The van der Waals surface area contributed by atoms with Crippen LogP contribution in [-0.2, 0) is 9.59 Å². The van der Waals surface area contributed by atoms with Gasteiger partial charge in [-0.15, -0.1) is 0 Å². The minimum Gasteiger partial charge on any atom is -0.393 e. The Kier molecular flexibility index (Phi) is 5.11. The summed E-state index contributed by atoms with van der Waals surface area (Å²) < 4.78 is 15.4. The van der Waals surface area contributed by atoms with Gasteiger partial charge in [0.15, 0.2) is 5.78 Å². The Bertz CT molecular complexity index is 734. The number of carbonyl (C=O) groups excluding carboxylic acids is 2. The van der Waals surface area contributed by atoms with Gasteiger partial charge >= 0.3 is 0 Å². The lowest BCUT2D eigenvalue weighted by molar-refractivity contribution is -0.229. The van der Waals surface area contributed by atoms with E-state index in [-0.39, 0.29) is 43.3 Å². The predicted octanol–water partition coefficient (Wildman–Crippen LogP) is 1.15. The van der Waals surface area contributed by atoms with Crippen molar-refractivity contribution in [2.45, 2.75) is 74.8 Å². The van der Waals surface area contributed by atoms with Gasteiger partial charge in [0.05, 0.1) is 17.0 Å². The van der Waals surface area contributed by atoms with E-state index in [1.807, 2.05) is 0 Å². The van der Waals surface area contributed by atoms with E-state index in [1.165, 1.54) is 0 Å². The first kappa shape index (κ1) is 21.8. The Hall–Kier alpha value is -0.410. The third-order valence-corrected chi connectivity index (χ3v) is 10.3. The molecule has 11 atom stereocenters. The number of hydrogen-bond acceptors (Lipinski definition) is 6. The predicted molar refractivity (Wildman–Crippen MR) is 105 cm³/mol. The molecule has 6 nitrogen and oxygen atoms in total. The summed E-state index contributed by atoms with van der Waals surface area (Å²) >= 11 is 3.27. The minimum atomic E-state index is -1.75. The van der Waals surface area contributed by atoms with Gasteiger partial charge in [0.2, 0.25) is 0 Å². The maximum Gasteiger partial charge on any atom is 0.190 e. The summed E-state index contributed by atoms with van der Waals surface area (Å²) in [6.45, 7) is 2.76. The zero-order valence-corrected chi connectivity index (χ0v) is 18.3. The molecule has 0 radical (unpaired) electrons. The van der Waals surface area contributed by atoms with E-state index in [2.05, 4.69) is 15.9 Å². The summed E-state index contributed by atoms with van der Waals surface area (Å²) in [5.74, 6) is -2.53. The number of ketones is 2. The fourth-order valence-electron chi connectivity index (χ4n) is 7.80. The molecule has 4 aliphatic carbocycles. The Labute approximate surface area is 178 Å². The van der Waals surface area contributed by atoms with Crippen LogP contribution in [0.25, 0.3) is 0 Å². The van der Waals surface area contributed by atoms with E-state index < -0.39 is 63.9 Å². The topological polar surface area (TPSA) is 115 Å². The van der Waals surface area contributed by atoms with E-state index in [4.69, 9.17) is 0 Å². The highest BCUT2D eigenvalue weighted by molar-refractivity contribution is 9.10. The number of rotatable bonds is 2. The van der Waals surface area contributed by atoms with Crippen molar-refractivity contribution >= 4 is 27.5 Å². The highest BCUT2D eigenvalue weighted by Gasteiger charge is 2.71. The molecule has 0 bridgehead atoms. The lowest BCUT2D eigenvalue weighted by Gasteiger charge is -2.64. The molecular formula is C21H30BrFO6. The number of Topliss-reactive ketones (excluding diaryl/α,β-unsaturated/α-hetero) is 2. The molecule has 29 heavy (non-hydrogen) atoms. The van der Waals surface area contributed by atoms with Crippen LogP contribution in [0.15, 0.2) is 0 Å². The van der Waals surface area contributed by atoms with E-state index in [9.17, 15) is 30.0 Å². The van der Waals surface area contributed by atoms with Crippen LogP contribution in [0.5, 0.6) is 0 Å². The average Bonchev–Trinajstić information content (AvgIpc) is 2.93. The Morgan fingerprint density at radius 2 is 1.93 bits per heavy atom. The summed E-state index contributed by atoms with van der Waals surface area (Å²) in [5, 5.41) is 42.9. The van der Waals surface area contributed by atoms with Gasteiger partial charge in [-0.3, -0.25) is 9.59 Å². The molecule has 4 rings (SSSR count). The third-order valence-electron chi connectivity index (χ3n) is 9.31. The van der Waals surface area contributed by atoms with Crippen molar-refractivity contribution in [2.24, 2.45) is 34.5 Å². The van der Waals surface area contributed by atoms with Gasteiger partial charge in [-0.25, -0.2) is 4.39 Å². The van der Waals surface area contributed by atoms with Gasteiger partial charge in [-0.2, -0.15) is 0 Å². The Morgan fingerprint density at radius 3 is 2.55 bits per heavy atom. The maximum atomic E-state index is 15.4. The third kappa shape index (κ3) is 2.59. The SMILES string of the molecule is C[C@]12C(O)C(Br)C(=O)CC1C(F)C[C@@H]1[C@@H]2C(O)C[C@@]2(C)[C@H]1CC[C@]2(O)C(=O)CO. The number of halogens is 2. The van der Waals surface area contributed by atoms with Crippen LogP contribution >= 0.6 is 15.9 Å². The van der Waals surface area contributed by atoms with Gasteiger partial charge in [0.25, 0.3) is 0 Å². The minimum absolute atomic E-state index is 0.0233. The quantitative estimate of drug-likeness (QED) is 0.444. The van der Waals surface area contributed by atoms with Crippen molar-refractivity contribution in [1.82, 2.24) is 0 Å². The molecule has 4 fully saturated rings. The van der Waals surface area contributed by atoms with Gasteiger partial charge in [0.1, 0.15) is 24.2 Å². The molecule has 4 N–H and O–H groups in total. The van der Waals surface area contributed by atoms with Crippen LogP contribution in [0.2, 0.25) is 0 Å². The zero-order valence-electron chi connectivity index (χ0n) is 16.7. The van der Waals surface area contributed by atoms with Crippen molar-refractivity contribution in [3.63, 3.8) is 0 Å². The van der Waals surface area contributed by atoms with Gasteiger partial charge in [-0.1, -0.05) is 29.8 Å². The number of aliphatic hydroxyl groups is 4. The number of carbonyl (C=O) groups is 2. The standard InChI is InChI=1S/C21H30BrFO6/c1-19-7-14(26)16-9(10(19)3-4-21(19,29)15(27)8-24)5-12(23)11-6-13(25)17(22)18(28)20(11,16)2/h9-12,14,16-18,24,26,28-29H,3-8H2,1-2H3/t9-,10-,11?,12?,14?,16+,17?,18?,19-,20-,21-/m0/s1. The normalized spacial score (nSPS) is 57.0. The summed E-state index contributed by atoms with van der Waals surface area (Å²) in [6.07, 6.45) is -2.44. The largest absolute Gasteiger partial charge is 0.393 e. The molecular weight excluding hydrogens is 447 g/mol. The maximum absolute atomic E-state index is 15.4. The molecule has 0 aliphatic heterocycles. The van der Waals surface area contributed by atoms with Crippen molar-refractivity contribution in [3.8, 4) is 0 Å². The second kappa shape index (κ2) is 6.79. The summed E-state index contributed by atoms with van der Waals surface area (Å²) in [4.78, 5) is 23.9. The molecule has 0 amide bonds. The lowest BCUT2D eigenvalue weighted by Crippen LogP contribution is -2.69. The lowest BCUT2D eigenvalue weighted by atomic mass is 9.42. The Morgan fingerprint density at radius 1 is 1.28 bits per heavy atom. The fraction of sp³-hybridized carbons (Fsp3) is 0.905. The number of alkyl halides is 2. The molecule has 164 valence electrons. The van der Waals surface area contributed by atoms with Gasteiger partial charge < -0.3 is 20.4 Å². The van der Waals surface area contributed by atoms with Crippen LogP contribution in [-0.4, -0.2) is 67.4 Å². The molecule has 0 heterocycles. The first-order valence-corrected chi connectivity index (χ1v) is 11.4. The second-order valence-electron chi connectivity index (χ2n) is 10.2. The first-order valence-electron chi connectivity index (χ1n) is 10.5. The van der Waals surface area contributed by atoms with E-state index in [0.29, 0.717) is 6.42 Å². The average molecular weight is 477 g/mol. The van der Waals surface area contributed by atoms with E-state index >= 15 is 4.39 Å². The highest BCUT2D eigenvalue weighted by Crippen LogP contribution is 2.68.